The number of rotatable bonds is 4. The highest BCUT2D eigenvalue weighted by Gasteiger charge is 2.11. The monoisotopic (exact) mass is 208 g/mol. The van der Waals surface area contributed by atoms with Crippen LogP contribution in [0.5, 0.6) is 0 Å². The number of carbonyl (C=O) groups excluding carboxylic acids is 1. The van der Waals surface area contributed by atoms with Crippen molar-refractivity contribution in [2.75, 3.05) is 11.9 Å². The van der Waals surface area contributed by atoms with E-state index in [2.05, 4.69) is 11.9 Å². The average molecular weight is 208 g/mol. The van der Waals surface area contributed by atoms with Crippen LogP contribution in [0.25, 0.3) is 0 Å². The van der Waals surface area contributed by atoms with Crippen LogP contribution < -0.4 is 11.1 Å². The van der Waals surface area contributed by atoms with Gasteiger partial charge in [0.05, 0.1) is 5.56 Å². The van der Waals surface area contributed by atoms with E-state index in [0.29, 0.717) is 17.8 Å². The number of anilines is 1. The maximum atomic E-state index is 13.2. The average Bonchev–Trinajstić information content (AvgIpc) is 2.19. The molecule has 1 aromatic rings. The lowest BCUT2D eigenvalue weighted by molar-refractivity contribution is 0.100. The fraction of sp³-hybridized carbons (Fsp3) is 0.182. The number of halogens is 1. The van der Waals surface area contributed by atoms with Gasteiger partial charge in [-0.3, -0.25) is 4.79 Å². The zero-order valence-corrected chi connectivity index (χ0v) is 8.51. The highest BCUT2D eigenvalue weighted by Crippen LogP contribution is 2.19. The van der Waals surface area contributed by atoms with Crippen LogP contribution in [-0.4, -0.2) is 12.5 Å². The molecule has 0 atom stereocenters. The van der Waals surface area contributed by atoms with Crippen molar-refractivity contribution < 1.29 is 9.18 Å². The second kappa shape index (κ2) is 4.59. The Balaban J connectivity index is 3.15. The summed E-state index contributed by atoms with van der Waals surface area (Å²) in [6.07, 6.45) is 1.64. The van der Waals surface area contributed by atoms with Crippen molar-refractivity contribution >= 4 is 11.6 Å². The van der Waals surface area contributed by atoms with Gasteiger partial charge in [0.25, 0.3) is 5.91 Å². The van der Waals surface area contributed by atoms with E-state index in [9.17, 15) is 9.18 Å². The molecule has 0 saturated heterocycles. The number of hydrogen-bond acceptors (Lipinski definition) is 2. The molecule has 0 spiro atoms. The summed E-state index contributed by atoms with van der Waals surface area (Å²) in [6, 6.07) is 2.70. The smallest absolute Gasteiger partial charge is 0.250 e. The van der Waals surface area contributed by atoms with E-state index >= 15 is 0 Å². The van der Waals surface area contributed by atoms with Gasteiger partial charge < -0.3 is 11.1 Å². The predicted octanol–water partition coefficient (Wildman–Crippen LogP) is 1.83. The molecule has 0 aliphatic heterocycles. The van der Waals surface area contributed by atoms with Gasteiger partial charge in [0.2, 0.25) is 0 Å². The Labute approximate surface area is 87.8 Å². The number of hydrogen-bond donors (Lipinski definition) is 2. The van der Waals surface area contributed by atoms with E-state index in [1.807, 2.05) is 0 Å². The van der Waals surface area contributed by atoms with Crippen LogP contribution >= 0.6 is 0 Å². The van der Waals surface area contributed by atoms with Crippen molar-refractivity contribution in [3.8, 4) is 0 Å². The Kier molecular flexibility index (Phi) is 3.44. The van der Waals surface area contributed by atoms with Gasteiger partial charge >= 0.3 is 0 Å². The van der Waals surface area contributed by atoms with E-state index in [-0.39, 0.29) is 5.56 Å². The number of nitrogens with one attached hydrogen (secondary N) is 1. The number of carbonyl (C=O) groups is 1. The summed E-state index contributed by atoms with van der Waals surface area (Å²) < 4.78 is 13.2. The standard InChI is InChI=1S/C11H13FN2O/c1-3-4-14-10-5-7(2)9(12)6-8(10)11(13)15/h3,5-6,14H,1,4H2,2H3,(H2,13,15). The fourth-order valence-corrected chi connectivity index (χ4v) is 1.21. The second-order valence-electron chi connectivity index (χ2n) is 3.18. The summed E-state index contributed by atoms with van der Waals surface area (Å²) in [7, 11) is 0. The maximum Gasteiger partial charge on any atom is 0.250 e. The third kappa shape index (κ3) is 2.56. The highest BCUT2D eigenvalue weighted by atomic mass is 19.1. The van der Waals surface area contributed by atoms with Gasteiger partial charge in [0.1, 0.15) is 5.82 Å². The van der Waals surface area contributed by atoms with Crippen LogP contribution in [0.2, 0.25) is 0 Å². The van der Waals surface area contributed by atoms with Crippen molar-refractivity contribution in [1.29, 1.82) is 0 Å². The van der Waals surface area contributed by atoms with Crippen molar-refractivity contribution in [2.24, 2.45) is 5.73 Å². The van der Waals surface area contributed by atoms with Gasteiger partial charge in [-0.15, -0.1) is 6.58 Å². The first-order valence-electron chi connectivity index (χ1n) is 4.51. The first-order valence-corrected chi connectivity index (χ1v) is 4.51. The molecule has 0 radical (unpaired) electrons. The quantitative estimate of drug-likeness (QED) is 0.742. The van der Waals surface area contributed by atoms with Gasteiger partial charge in [0, 0.05) is 12.2 Å². The summed E-state index contributed by atoms with van der Waals surface area (Å²) in [5.74, 6) is -1.09. The summed E-state index contributed by atoms with van der Waals surface area (Å²) >= 11 is 0. The lowest BCUT2D eigenvalue weighted by atomic mass is 10.1. The molecule has 0 bridgehead atoms. The fourth-order valence-electron chi connectivity index (χ4n) is 1.21. The Morgan fingerprint density at radius 2 is 2.33 bits per heavy atom. The maximum absolute atomic E-state index is 13.2. The normalized spacial score (nSPS) is 9.73. The molecule has 0 aromatic heterocycles. The minimum Gasteiger partial charge on any atom is -0.381 e. The Bertz CT molecular complexity index is 402. The molecule has 80 valence electrons. The Hall–Kier alpha value is -1.84. The molecular weight excluding hydrogens is 195 g/mol. The number of nitrogens with two attached hydrogens (primary N) is 1. The molecule has 4 heteroatoms. The highest BCUT2D eigenvalue weighted by molar-refractivity contribution is 5.98. The van der Waals surface area contributed by atoms with Crippen LogP contribution in [0, 0.1) is 12.7 Å². The molecule has 3 N–H and O–H groups in total. The molecule has 1 amide bonds. The topological polar surface area (TPSA) is 55.1 Å². The predicted molar refractivity (Wildman–Crippen MR) is 58.3 cm³/mol. The third-order valence-electron chi connectivity index (χ3n) is 2.00. The molecule has 0 fully saturated rings. The zero-order chi connectivity index (χ0) is 11.4. The minimum absolute atomic E-state index is 0.153. The molecule has 0 saturated carbocycles. The number of benzene rings is 1. The lowest BCUT2D eigenvalue weighted by Crippen LogP contribution is -2.15. The molecule has 0 unspecified atom stereocenters. The van der Waals surface area contributed by atoms with Crippen molar-refractivity contribution in [3.63, 3.8) is 0 Å². The van der Waals surface area contributed by atoms with Crippen LogP contribution in [0.3, 0.4) is 0 Å². The molecule has 0 aliphatic carbocycles. The zero-order valence-electron chi connectivity index (χ0n) is 8.51. The van der Waals surface area contributed by atoms with Gasteiger partial charge in [-0.05, 0) is 24.6 Å². The Morgan fingerprint density at radius 1 is 1.67 bits per heavy atom. The molecule has 1 rings (SSSR count). The molecule has 3 nitrogen and oxygen atoms in total. The lowest BCUT2D eigenvalue weighted by Gasteiger charge is -2.09. The first-order chi connectivity index (χ1) is 7.06. The minimum atomic E-state index is -0.652. The molecular formula is C11H13FN2O. The van der Waals surface area contributed by atoms with Crippen LogP contribution in [0.4, 0.5) is 10.1 Å². The van der Waals surface area contributed by atoms with E-state index in [1.54, 1.807) is 19.1 Å². The van der Waals surface area contributed by atoms with Gasteiger partial charge in [-0.1, -0.05) is 6.08 Å². The summed E-state index contributed by atoms with van der Waals surface area (Å²) in [4.78, 5) is 11.0. The molecule has 0 aliphatic rings. The van der Waals surface area contributed by atoms with Crippen LogP contribution in [-0.2, 0) is 0 Å². The van der Waals surface area contributed by atoms with E-state index in [4.69, 9.17) is 5.73 Å². The van der Waals surface area contributed by atoms with E-state index in [0.717, 1.165) is 6.07 Å². The number of aryl methyl sites for hydroxylation is 1. The van der Waals surface area contributed by atoms with Crippen molar-refractivity contribution in [2.45, 2.75) is 6.92 Å². The van der Waals surface area contributed by atoms with E-state index in [1.165, 1.54) is 0 Å². The van der Waals surface area contributed by atoms with Crippen LogP contribution in [0.15, 0.2) is 24.8 Å². The summed E-state index contributed by atoms with van der Waals surface area (Å²) in [6.45, 7) is 5.65. The molecule has 1 aromatic carbocycles. The van der Waals surface area contributed by atoms with Crippen molar-refractivity contribution in [1.82, 2.24) is 0 Å². The van der Waals surface area contributed by atoms with Gasteiger partial charge in [-0.25, -0.2) is 4.39 Å². The van der Waals surface area contributed by atoms with Crippen molar-refractivity contribution in [3.05, 3.63) is 41.7 Å². The molecule has 0 heterocycles. The first kappa shape index (κ1) is 11.2. The molecule has 15 heavy (non-hydrogen) atoms. The summed E-state index contributed by atoms with van der Waals surface area (Å²) in [5.41, 5.74) is 6.28. The summed E-state index contributed by atoms with van der Waals surface area (Å²) in [5, 5.41) is 2.93. The third-order valence-corrected chi connectivity index (χ3v) is 2.00. The Morgan fingerprint density at radius 3 is 2.87 bits per heavy atom. The number of amides is 1. The SMILES string of the molecule is C=CCNc1cc(C)c(F)cc1C(N)=O. The van der Waals surface area contributed by atoms with Gasteiger partial charge in [-0.2, -0.15) is 0 Å². The van der Waals surface area contributed by atoms with E-state index < -0.39 is 11.7 Å². The van der Waals surface area contributed by atoms with Gasteiger partial charge in [0.15, 0.2) is 0 Å². The number of primary amides is 1. The second-order valence-corrected chi connectivity index (χ2v) is 3.18. The van der Waals surface area contributed by atoms with Crippen LogP contribution in [0.1, 0.15) is 15.9 Å². The largest absolute Gasteiger partial charge is 0.381 e.